The number of nitrogens with one attached hydrogen (secondary N) is 1. The van der Waals surface area contributed by atoms with E-state index in [2.05, 4.69) is 10.5 Å². The van der Waals surface area contributed by atoms with E-state index >= 15 is 0 Å². The lowest BCUT2D eigenvalue weighted by molar-refractivity contribution is -0.120. The van der Waals surface area contributed by atoms with Crippen molar-refractivity contribution in [2.24, 2.45) is 12.1 Å². The second-order valence-corrected chi connectivity index (χ2v) is 5.32. The van der Waals surface area contributed by atoms with Gasteiger partial charge in [0, 0.05) is 18.9 Å². The molecule has 1 N–H and O–H groups in total. The van der Waals surface area contributed by atoms with Crippen molar-refractivity contribution < 1.29 is 9.53 Å². The van der Waals surface area contributed by atoms with Gasteiger partial charge in [-0.2, -0.15) is 5.10 Å². The molecule has 0 spiro atoms. The molecule has 0 aliphatic carbocycles. The van der Waals surface area contributed by atoms with Crippen molar-refractivity contribution in [3.8, 4) is 5.75 Å². The van der Waals surface area contributed by atoms with Gasteiger partial charge in [0.2, 0.25) is 5.91 Å². The molecule has 0 unspecified atom stereocenters. The predicted molar refractivity (Wildman–Crippen MR) is 87.1 cm³/mol. The average Bonchev–Trinajstić information content (AvgIpc) is 2.85. The van der Waals surface area contributed by atoms with E-state index in [0.29, 0.717) is 6.42 Å². The van der Waals surface area contributed by atoms with E-state index in [0.717, 1.165) is 17.0 Å². The number of carbonyl (C=O) groups excluding carboxylic acids is 1. The first-order valence-corrected chi connectivity index (χ1v) is 7.23. The van der Waals surface area contributed by atoms with E-state index in [-0.39, 0.29) is 12.0 Å². The second-order valence-electron chi connectivity index (χ2n) is 5.32. The molecule has 0 aliphatic rings. The Balaban J connectivity index is 1.84. The molecule has 116 valence electrons. The first kappa shape index (κ1) is 15.8. The highest BCUT2D eigenvalue weighted by Gasteiger charge is 2.04. The van der Waals surface area contributed by atoms with Crippen LogP contribution in [-0.2, 0) is 18.3 Å². The van der Waals surface area contributed by atoms with Crippen LogP contribution in [0.5, 0.6) is 5.75 Å². The van der Waals surface area contributed by atoms with Crippen LogP contribution in [0.15, 0.2) is 47.7 Å². The largest absolute Gasteiger partial charge is 0.491 e. The number of hydrogen-bond acceptors (Lipinski definition) is 3. The minimum absolute atomic E-state index is 0.141. The monoisotopic (exact) mass is 299 g/mol. The Labute approximate surface area is 130 Å². The Bertz CT molecular complexity index is 642. The third-order valence-corrected chi connectivity index (χ3v) is 3.05. The maximum Gasteiger partial charge on any atom is 0.245 e. The van der Waals surface area contributed by atoms with Gasteiger partial charge in [-0.3, -0.25) is 4.79 Å². The SMILES string of the molecule is CC(C)Oc1ccc(C=NNC(=O)Cc2cccn2C)cc1. The molecule has 0 fully saturated rings. The van der Waals surface area contributed by atoms with Gasteiger partial charge >= 0.3 is 0 Å². The average molecular weight is 299 g/mol. The smallest absolute Gasteiger partial charge is 0.245 e. The molecule has 5 heteroatoms. The number of amides is 1. The van der Waals surface area contributed by atoms with Crippen LogP contribution in [0.2, 0.25) is 0 Å². The van der Waals surface area contributed by atoms with Gasteiger partial charge < -0.3 is 9.30 Å². The number of hydrogen-bond donors (Lipinski definition) is 1. The highest BCUT2D eigenvalue weighted by molar-refractivity contribution is 5.83. The number of benzene rings is 1. The summed E-state index contributed by atoms with van der Waals surface area (Å²) in [5, 5.41) is 3.97. The van der Waals surface area contributed by atoms with Crippen molar-refractivity contribution in [2.45, 2.75) is 26.4 Å². The zero-order chi connectivity index (χ0) is 15.9. The van der Waals surface area contributed by atoms with Crippen LogP contribution in [0.1, 0.15) is 25.1 Å². The summed E-state index contributed by atoms with van der Waals surface area (Å²) in [6.45, 7) is 3.97. The van der Waals surface area contributed by atoms with E-state index in [1.807, 2.05) is 68.1 Å². The lowest BCUT2D eigenvalue weighted by atomic mass is 10.2. The van der Waals surface area contributed by atoms with Crippen molar-refractivity contribution in [2.75, 3.05) is 0 Å². The highest BCUT2D eigenvalue weighted by atomic mass is 16.5. The summed E-state index contributed by atoms with van der Waals surface area (Å²) in [6, 6.07) is 11.4. The fourth-order valence-corrected chi connectivity index (χ4v) is 1.97. The van der Waals surface area contributed by atoms with E-state index < -0.39 is 0 Å². The normalized spacial score (nSPS) is 11.1. The van der Waals surface area contributed by atoms with Crippen LogP contribution >= 0.6 is 0 Å². The zero-order valence-corrected chi connectivity index (χ0v) is 13.1. The van der Waals surface area contributed by atoms with Gasteiger partial charge in [0.15, 0.2) is 0 Å². The molecule has 0 radical (unpaired) electrons. The molecule has 1 aromatic heterocycles. The predicted octanol–water partition coefficient (Wildman–Crippen LogP) is 2.51. The number of aryl methyl sites for hydroxylation is 1. The zero-order valence-electron chi connectivity index (χ0n) is 13.1. The topological polar surface area (TPSA) is 55.6 Å². The van der Waals surface area contributed by atoms with Crippen molar-refractivity contribution >= 4 is 12.1 Å². The summed E-state index contributed by atoms with van der Waals surface area (Å²) in [4.78, 5) is 11.8. The first-order chi connectivity index (χ1) is 10.5. The molecule has 0 saturated heterocycles. The van der Waals surface area contributed by atoms with E-state index in [4.69, 9.17) is 4.74 Å². The summed E-state index contributed by atoms with van der Waals surface area (Å²) in [5.74, 6) is 0.678. The van der Waals surface area contributed by atoms with Gasteiger partial charge in [0.1, 0.15) is 5.75 Å². The van der Waals surface area contributed by atoms with Gasteiger partial charge in [0.05, 0.1) is 18.7 Å². The van der Waals surface area contributed by atoms with E-state index in [1.165, 1.54) is 0 Å². The molecule has 2 rings (SSSR count). The fourth-order valence-electron chi connectivity index (χ4n) is 1.97. The summed E-state index contributed by atoms with van der Waals surface area (Å²) in [5.41, 5.74) is 4.37. The molecule has 1 heterocycles. The van der Waals surface area contributed by atoms with Crippen LogP contribution in [0.4, 0.5) is 0 Å². The van der Waals surface area contributed by atoms with Crippen LogP contribution in [0, 0.1) is 0 Å². The van der Waals surface area contributed by atoms with Crippen molar-refractivity contribution in [1.29, 1.82) is 0 Å². The van der Waals surface area contributed by atoms with Crippen LogP contribution in [-0.4, -0.2) is 22.8 Å². The molecule has 0 saturated carbocycles. The quantitative estimate of drug-likeness (QED) is 0.658. The number of aromatic nitrogens is 1. The highest BCUT2D eigenvalue weighted by Crippen LogP contribution is 2.12. The minimum Gasteiger partial charge on any atom is -0.491 e. The molecule has 2 aromatic rings. The standard InChI is InChI=1S/C17H21N3O2/c1-13(2)22-16-8-6-14(7-9-16)12-18-19-17(21)11-15-5-4-10-20(15)3/h4-10,12-13H,11H2,1-3H3,(H,19,21). The summed E-state index contributed by atoms with van der Waals surface area (Å²) < 4.78 is 7.48. The Morgan fingerprint density at radius 3 is 2.64 bits per heavy atom. The third-order valence-electron chi connectivity index (χ3n) is 3.05. The molecule has 0 aliphatic heterocycles. The second kappa shape index (κ2) is 7.45. The summed E-state index contributed by atoms with van der Waals surface area (Å²) in [7, 11) is 1.91. The van der Waals surface area contributed by atoms with Gasteiger partial charge in [0.25, 0.3) is 0 Å². The van der Waals surface area contributed by atoms with E-state index in [1.54, 1.807) is 6.21 Å². The fraction of sp³-hybridized carbons (Fsp3) is 0.294. The molecule has 0 bridgehead atoms. The summed E-state index contributed by atoms with van der Waals surface area (Å²) >= 11 is 0. The first-order valence-electron chi connectivity index (χ1n) is 7.23. The molecule has 1 amide bonds. The van der Waals surface area contributed by atoms with Crippen molar-refractivity contribution in [1.82, 2.24) is 9.99 Å². The maximum absolute atomic E-state index is 11.8. The van der Waals surface area contributed by atoms with Crippen molar-refractivity contribution in [3.63, 3.8) is 0 Å². The van der Waals surface area contributed by atoms with Gasteiger partial charge in [-0.05, 0) is 55.8 Å². The number of nitrogens with zero attached hydrogens (tertiary/aromatic N) is 2. The lowest BCUT2D eigenvalue weighted by Crippen LogP contribution is -2.20. The van der Waals surface area contributed by atoms with E-state index in [9.17, 15) is 4.79 Å². The lowest BCUT2D eigenvalue weighted by Gasteiger charge is -2.09. The molecule has 22 heavy (non-hydrogen) atoms. The van der Waals surface area contributed by atoms with Crippen molar-refractivity contribution in [3.05, 3.63) is 53.9 Å². The molecule has 1 aromatic carbocycles. The Kier molecular flexibility index (Phi) is 5.36. The number of rotatable bonds is 6. The Morgan fingerprint density at radius 1 is 1.32 bits per heavy atom. The number of carbonyl (C=O) groups is 1. The maximum atomic E-state index is 11.8. The molecular weight excluding hydrogens is 278 g/mol. The minimum atomic E-state index is -0.141. The van der Waals surface area contributed by atoms with Gasteiger partial charge in [-0.1, -0.05) is 0 Å². The van der Waals surface area contributed by atoms with Gasteiger partial charge in [-0.25, -0.2) is 5.43 Å². The number of hydrazone groups is 1. The Morgan fingerprint density at radius 2 is 2.05 bits per heavy atom. The molecule has 0 atom stereocenters. The van der Waals surface area contributed by atoms with Crippen LogP contribution in [0.3, 0.4) is 0 Å². The molecule has 5 nitrogen and oxygen atoms in total. The Hall–Kier alpha value is -2.56. The van der Waals surface area contributed by atoms with Gasteiger partial charge in [-0.15, -0.1) is 0 Å². The van der Waals surface area contributed by atoms with Crippen LogP contribution < -0.4 is 10.2 Å². The third kappa shape index (κ3) is 4.77. The van der Waals surface area contributed by atoms with Crippen LogP contribution in [0.25, 0.3) is 0 Å². The molecular formula is C17H21N3O2. The number of ether oxygens (including phenoxy) is 1. The summed E-state index contributed by atoms with van der Waals surface area (Å²) in [6.07, 6.45) is 3.98.